The lowest BCUT2D eigenvalue weighted by atomic mass is 10.1. The molecule has 1 aromatic carbocycles. The van der Waals surface area contributed by atoms with Crippen LogP contribution in [0.1, 0.15) is 5.56 Å². The summed E-state index contributed by atoms with van der Waals surface area (Å²) < 4.78 is 8.14. The number of rotatable bonds is 2. The molecule has 0 radical (unpaired) electrons. The van der Waals surface area contributed by atoms with Crippen LogP contribution in [0.4, 0.5) is 0 Å². The van der Waals surface area contributed by atoms with Gasteiger partial charge in [0.05, 0.1) is 27.9 Å². The number of aromatic nitrogens is 2. The second kappa shape index (κ2) is 4.41. The summed E-state index contributed by atoms with van der Waals surface area (Å²) in [6.07, 6.45) is 1.73. The van der Waals surface area contributed by atoms with Gasteiger partial charge in [0.1, 0.15) is 11.8 Å². The smallest absolute Gasteiger partial charge is 0.136 e. The largest absolute Gasteiger partial charge is 0.495 e. The normalized spacial score (nSPS) is 10.6. The van der Waals surface area contributed by atoms with Crippen molar-refractivity contribution in [1.82, 2.24) is 9.78 Å². The molecule has 5 heteroatoms. The van der Waals surface area contributed by atoms with E-state index < -0.39 is 0 Å². The van der Waals surface area contributed by atoms with Crippen LogP contribution in [0.5, 0.6) is 5.75 Å². The third-order valence-corrected chi connectivity index (χ3v) is 4.31. The predicted molar refractivity (Wildman–Crippen MR) is 75.3 cm³/mol. The number of nitrogens with zero attached hydrogens (tertiary/aromatic N) is 3. The Balaban J connectivity index is 2.38. The van der Waals surface area contributed by atoms with Crippen molar-refractivity contribution in [2.24, 2.45) is 7.05 Å². The quantitative estimate of drug-likeness (QED) is 0.718. The van der Waals surface area contributed by atoms with Crippen molar-refractivity contribution >= 4 is 21.4 Å². The molecule has 0 amide bonds. The van der Waals surface area contributed by atoms with E-state index in [1.807, 2.05) is 31.3 Å². The van der Waals surface area contributed by atoms with Crippen molar-refractivity contribution in [3.05, 3.63) is 36.0 Å². The zero-order chi connectivity index (χ0) is 13.4. The average molecular weight is 269 g/mol. The number of nitriles is 1. The molecule has 0 atom stereocenters. The van der Waals surface area contributed by atoms with Crippen LogP contribution in [-0.4, -0.2) is 16.9 Å². The molecule has 0 saturated carbocycles. The molecule has 0 aliphatic heterocycles. The Hall–Kier alpha value is -2.32. The SMILES string of the molecule is COc1cccc2c(C#N)c(-c3ccnn3C)sc12. The van der Waals surface area contributed by atoms with Crippen LogP contribution in [0.25, 0.3) is 20.7 Å². The highest BCUT2D eigenvalue weighted by molar-refractivity contribution is 7.23. The van der Waals surface area contributed by atoms with E-state index in [0.717, 1.165) is 26.4 Å². The van der Waals surface area contributed by atoms with E-state index in [2.05, 4.69) is 11.2 Å². The van der Waals surface area contributed by atoms with Crippen LogP contribution in [0.3, 0.4) is 0 Å². The van der Waals surface area contributed by atoms with Gasteiger partial charge in [-0.1, -0.05) is 12.1 Å². The molecular formula is C14H11N3OS. The molecule has 0 N–H and O–H groups in total. The zero-order valence-electron chi connectivity index (χ0n) is 10.5. The molecule has 2 aromatic heterocycles. The fourth-order valence-electron chi connectivity index (χ4n) is 2.14. The Kier molecular flexibility index (Phi) is 2.73. The third-order valence-electron chi connectivity index (χ3n) is 3.06. The van der Waals surface area contributed by atoms with Crippen molar-refractivity contribution in [3.8, 4) is 22.4 Å². The van der Waals surface area contributed by atoms with E-state index >= 15 is 0 Å². The molecule has 0 fully saturated rings. The molecule has 0 spiro atoms. The van der Waals surface area contributed by atoms with Crippen LogP contribution >= 0.6 is 11.3 Å². The molecule has 0 bridgehead atoms. The van der Waals surface area contributed by atoms with Crippen molar-refractivity contribution in [1.29, 1.82) is 5.26 Å². The average Bonchev–Trinajstić information content (AvgIpc) is 3.00. The minimum absolute atomic E-state index is 0.683. The fraction of sp³-hybridized carbons (Fsp3) is 0.143. The lowest BCUT2D eigenvalue weighted by Crippen LogP contribution is -1.92. The highest BCUT2D eigenvalue weighted by Crippen LogP contribution is 2.41. The first-order valence-corrected chi connectivity index (χ1v) is 6.56. The van der Waals surface area contributed by atoms with Crippen LogP contribution in [0.2, 0.25) is 0 Å². The number of thiophene rings is 1. The fourth-order valence-corrected chi connectivity index (χ4v) is 3.44. The summed E-state index contributed by atoms with van der Waals surface area (Å²) >= 11 is 1.56. The molecule has 3 aromatic rings. The monoisotopic (exact) mass is 269 g/mol. The maximum atomic E-state index is 9.44. The van der Waals surface area contributed by atoms with Gasteiger partial charge in [0.2, 0.25) is 0 Å². The van der Waals surface area contributed by atoms with Crippen LogP contribution < -0.4 is 4.74 Å². The van der Waals surface area contributed by atoms with Gasteiger partial charge in [-0.3, -0.25) is 4.68 Å². The van der Waals surface area contributed by atoms with Gasteiger partial charge in [0.15, 0.2) is 0 Å². The van der Waals surface area contributed by atoms with Crippen LogP contribution in [0, 0.1) is 11.3 Å². The summed E-state index contributed by atoms with van der Waals surface area (Å²) in [6.45, 7) is 0. The van der Waals surface area contributed by atoms with Gasteiger partial charge >= 0.3 is 0 Å². The summed E-state index contributed by atoms with van der Waals surface area (Å²) in [6, 6.07) is 9.98. The number of aryl methyl sites for hydroxylation is 1. The van der Waals surface area contributed by atoms with E-state index in [1.165, 1.54) is 0 Å². The number of hydrogen-bond donors (Lipinski definition) is 0. The van der Waals surface area contributed by atoms with E-state index in [1.54, 1.807) is 29.3 Å². The highest BCUT2D eigenvalue weighted by Gasteiger charge is 2.18. The number of ether oxygens (including phenoxy) is 1. The van der Waals surface area contributed by atoms with E-state index in [9.17, 15) is 5.26 Å². The predicted octanol–water partition coefficient (Wildman–Crippen LogP) is 3.18. The molecular weight excluding hydrogens is 258 g/mol. The lowest BCUT2D eigenvalue weighted by Gasteiger charge is -1.99. The molecule has 0 saturated heterocycles. The van der Waals surface area contributed by atoms with Crippen molar-refractivity contribution in [3.63, 3.8) is 0 Å². The number of methoxy groups -OCH3 is 1. The molecule has 0 aliphatic carbocycles. The summed E-state index contributed by atoms with van der Waals surface area (Å²) in [5.41, 5.74) is 1.63. The van der Waals surface area contributed by atoms with Crippen molar-refractivity contribution in [2.75, 3.05) is 7.11 Å². The van der Waals surface area contributed by atoms with Crippen molar-refractivity contribution < 1.29 is 4.74 Å². The summed E-state index contributed by atoms with van der Waals surface area (Å²) in [5.74, 6) is 0.799. The minimum Gasteiger partial charge on any atom is -0.495 e. The first-order valence-electron chi connectivity index (χ1n) is 5.74. The highest BCUT2D eigenvalue weighted by atomic mass is 32.1. The van der Waals surface area contributed by atoms with Crippen LogP contribution in [0.15, 0.2) is 30.5 Å². The Morgan fingerprint density at radius 3 is 2.84 bits per heavy atom. The number of fused-ring (bicyclic) bond motifs is 1. The van der Waals surface area contributed by atoms with E-state index in [0.29, 0.717) is 5.56 Å². The minimum atomic E-state index is 0.683. The van der Waals surface area contributed by atoms with E-state index in [4.69, 9.17) is 4.74 Å². The molecule has 2 heterocycles. The van der Waals surface area contributed by atoms with Crippen molar-refractivity contribution in [2.45, 2.75) is 0 Å². The van der Waals surface area contributed by atoms with Gasteiger partial charge in [0, 0.05) is 18.6 Å². The Morgan fingerprint density at radius 1 is 1.37 bits per heavy atom. The maximum absolute atomic E-state index is 9.44. The molecule has 0 unspecified atom stereocenters. The maximum Gasteiger partial charge on any atom is 0.136 e. The zero-order valence-corrected chi connectivity index (χ0v) is 11.4. The van der Waals surface area contributed by atoms with Gasteiger partial charge in [-0.25, -0.2) is 0 Å². The number of benzene rings is 1. The standard InChI is InChI=1S/C14H11N3OS/c1-17-11(6-7-16-17)13-10(8-15)9-4-3-5-12(18-2)14(9)19-13/h3-7H,1-2H3. The summed E-state index contributed by atoms with van der Waals surface area (Å²) in [5, 5.41) is 14.5. The Labute approximate surface area is 114 Å². The molecule has 3 rings (SSSR count). The topological polar surface area (TPSA) is 50.8 Å². The number of hydrogen-bond acceptors (Lipinski definition) is 4. The first kappa shape index (κ1) is 11.8. The summed E-state index contributed by atoms with van der Waals surface area (Å²) in [7, 11) is 3.52. The molecule has 0 aliphatic rings. The molecule has 19 heavy (non-hydrogen) atoms. The second-order valence-electron chi connectivity index (χ2n) is 4.10. The lowest BCUT2D eigenvalue weighted by molar-refractivity contribution is 0.420. The third kappa shape index (κ3) is 1.69. The van der Waals surface area contributed by atoms with Gasteiger partial charge in [-0.15, -0.1) is 11.3 Å². The van der Waals surface area contributed by atoms with Gasteiger partial charge in [-0.2, -0.15) is 10.4 Å². The first-order chi connectivity index (χ1) is 9.26. The van der Waals surface area contributed by atoms with Crippen LogP contribution in [-0.2, 0) is 7.05 Å². The Bertz CT molecular complexity index is 795. The van der Waals surface area contributed by atoms with E-state index in [-0.39, 0.29) is 0 Å². The molecule has 94 valence electrons. The molecule has 4 nitrogen and oxygen atoms in total. The van der Waals surface area contributed by atoms with Gasteiger partial charge in [0.25, 0.3) is 0 Å². The summed E-state index contributed by atoms with van der Waals surface area (Å²) in [4.78, 5) is 0.932. The van der Waals surface area contributed by atoms with Gasteiger partial charge < -0.3 is 4.74 Å². The Morgan fingerprint density at radius 2 is 2.21 bits per heavy atom. The van der Waals surface area contributed by atoms with Gasteiger partial charge in [-0.05, 0) is 12.1 Å². The second-order valence-corrected chi connectivity index (χ2v) is 5.12.